The highest BCUT2D eigenvalue weighted by atomic mass is 79.9. The number of hydrogen-bond donors (Lipinski definition) is 2. The minimum atomic E-state index is -1.08. The van der Waals surface area contributed by atoms with E-state index in [1.807, 2.05) is 0 Å². The summed E-state index contributed by atoms with van der Waals surface area (Å²) in [5.41, 5.74) is 2.88. The van der Waals surface area contributed by atoms with Gasteiger partial charge in [-0.25, -0.2) is 14.2 Å². The molecule has 0 radical (unpaired) electrons. The highest BCUT2D eigenvalue weighted by Gasteiger charge is 2.15. The maximum Gasteiger partial charge on any atom is 0.329 e. The molecule has 0 aromatic heterocycles. The van der Waals surface area contributed by atoms with Crippen molar-refractivity contribution in [3.8, 4) is 11.5 Å². The Hall–Kier alpha value is -3.79. The maximum absolute atomic E-state index is 13.8. The van der Waals surface area contributed by atoms with Gasteiger partial charge in [-0.3, -0.25) is 9.59 Å². The summed E-state index contributed by atoms with van der Waals surface area (Å²) >= 11 is 3.11. The summed E-state index contributed by atoms with van der Waals surface area (Å²) in [6.45, 7) is 2.18. The van der Waals surface area contributed by atoms with E-state index in [0.717, 1.165) is 6.07 Å². The average molecular weight is 532 g/mol. The van der Waals surface area contributed by atoms with Gasteiger partial charge in [-0.05, 0) is 55.0 Å². The zero-order valence-electron chi connectivity index (χ0n) is 18.0. The van der Waals surface area contributed by atoms with E-state index in [1.54, 1.807) is 43.3 Å². The van der Waals surface area contributed by atoms with Crippen molar-refractivity contribution in [2.75, 3.05) is 11.9 Å². The summed E-state index contributed by atoms with van der Waals surface area (Å²) in [6, 6.07) is 15.2. The first kappa shape index (κ1) is 24.8. The number of rotatable bonds is 8. The van der Waals surface area contributed by atoms with Crippen molar-refractivity contribution >= 4 is 39.6 Å². The van der Waals surface area contributed by atoms with E-state index in [-0.39, 0.29) is 18.1 Å². The lowest BCUT2D eigenvalue weighted by atomic mass is 10.2. The van der Waals surface area contributed by atoms with Crippen LogP contribution >= 0.6 is 15.9 Å². The Morgan fingerprint density at radius 3 is 2.50 bits per heavy atom. The molecule has 0 unspecified atom stereocenters. The van der Waals surface area contributed by atoms with Crippen molar-refractivity contribution in [2.45, 2.75) is 13.5 Å². The van der Waals surface area contributed by atoms with Crippen LogP contribution in [0.25, 0.3) is 0 Å². The first-order chi connectivity index (χ1) is 16.4. The van der Waals surface area contributed by atoms with Crippen LogP contribution in [0.4, 0.5) is 14.5 Å². The molecule has 10 heteroatoms. The fraction of sp³-hybridized carbons (Fsp3) is 0.125. The van der Waals surface area contributed by atoms with Crippen LogP contribution in [-0.2, 0) is 16.2 Å². The second-order valence-corrected chi connectivity index (χ2v) is 7.71. The van der Waals surface area contributed by atoms with Gasteiger partial charge in [0.2, 0.25) is 0 Å². The van der Waals surface area contributed by atoms with Crippen molar-refractivity contribution < 1.29 is 27.8 Å². The Morgan fingerprint density at radius 2 is 1.76 bits per heavy atom. The SMILES string of the molecule is CCOc1cc(C=NNC(=O)C(=O)Nc2ccc(Br)cc2F)ccc1OCc1ccccc1F. The van der Waals surface area contributed by atoms with E-state index in [2.05, 4.69) is 31.8 Å². The van der Waals surface area contributed by atoms with Gasteiger partial charge in [-0.15, -0.1) is 0 Å². The van der Waals surface area contributed by atoms with Crippen LogP contribution in [0, 0.1) is 11.6 Å². The minimum absolute atomic E-state index is 0.0182. The van der Waals surface area contributed by atoms with Gasteiger partial charge in [-0.1, -0.05) is 34.1 Å². The highest BCUT2D eigenvalue weighted by molar-refractivity contribution is 9.10. The molecule has 0 bridgehead atoms. The Labute approximate surface area is 202 Å². The van der Waals surface area contributed by atoms with Crippen LogP contribution in [0.3, 0.4) is 0 Å². The number of nitrogens with zero attached hydrogens (tertiary/aromatic N) is 1. The van der Waals surface area contributed by atoms with Crippen LogP contribution in [-0.4, -0.2) is 24.6 Å². The summed E-state index contributed by atoms with van der Waals surface area (Å²) in [5, 5.41) is 5.91. The number of carbonyl (C=O) groups is 2. The lowest BCUT2D eigenvalue weighted by Gasteiger charge is -2.13. The number of hydrogen-bond acceptors (Lipinski definition) is 5. The Bertz CT molecular complexity index is 1220. The molecule has 0 saturated carbocycles. The van der Waals surface area contributed by atoms with E-state index in [0.29, 0.717) is 33.7 Å². The van der Waals surface area contributed by atoms with Crippen LogP contribution in [0.1, 0.15) is 18.1 Å². The molecule has 7 nitrogen and oxygen atoms in total. The number of nitrogens with one attached hydrogen (secondary N) is 2. The number of anilines is 1. The molecule has 0 fully saturated rings. The van der Waals surface area contributed by atoms with Gasteiger partial charge in [0.05, 0.1) is 18.5 Å². The molecule has 0 saturated heterocycles. The molecule has 0 atom stereocenters. The second-order valence-electron chi connectivity index (χ2n) is 6.80. The summed E-state index contributed by atoms with van der Waals surface area (Å²) in [4.78, 5) is 23.9. The molecule has 0 aliphatic carbocycles. The molecule has 2 amide bonds. The first-order valence-corrected chi connectivity index (χ1v) is 10.9. The predicted octanol–water partition coefficient (Wildman–Crippen LogP) is 4.79. The average Bonchev–Trinajstić information content (AvgIpc) is 2.81. The van der Waals surface area contributed by atoms with Crippen LogP contribution in [0.5, 0.6) is 11.5 Å². The molecule has 3 aromatic carbocycles. The van der Waals surface area contributed by atoms with Crippen LogP contribution in [0.2, 0.25) is 0 Å². The molecule has 0 spiro atoms. The fourth-order valence-electron chi connectivity index (χ4n) is 2.75. The molecule has 176 valence electrons. The third kappa shape index (κ3) is 6.85. The molecule has 34 heavy (non-hydrogen) atoms. The molecule has 0 aliphatic rings. The van der Waals surface area contributed by atoms with Crippen LogP contribution < -0.4 is 20.2 Å². The largest absolute Gasteiger partial charge is 0.490 e. The van der Waals surface area contributed by atoms with E-state index in [4.69, 9.17) is 9.47 Å². The molecule has 3 aromatic rings. The van der Waals surface area contributed by atoms with Crippen LogP contribution in [0.15, 0.2) is 70.2 Å². The Morgan fingerprint density at radius 1 is 0.971 bits per heavy atom. The number of ether oxygens (including phenoxy) is 2. The Kier molecular flexibility index (Phi) is 8.69. The molecular formula is C24H20BrF2N3O4. The molecule has 2 N–H and O–H groups in total. The summed E-state index contributed by atoms with van der Waals surface area (Å²) in [5.74, 6) is -2.41. The summed E-state index contributed by atoms with van der Waals surface area (Å²) in [7, 11) is 0. The van der Waals surface area contributed by atoms with E-state index in [1.165, 1.54) is 24.4 Å². The van der Waals surface area contributed by atoms with Crippen molar-refractivity contribution in [1.82, 2.24) is 5.43 Å². The molecular weight excluding hydrogens is 512 g/mol. The summed E-state index contributed by atoms with van der Waals surface area (Å²) in [6.07, 6.45) is 1.30. The third-order valence-corrected chi connectivity index (χ3v) is 4.87. The van der Waals surface area contributed by atoms with Gasteiger partial charge in [-0.2, -0.15) is 5.10 Å². The standard InChI is InChI=1S/C24H20BrF2N3O4/c1-2-33-22-11-15(7-10-21(22)34-14-16-5-3-4-6-18(16)26)13-28-30-24(32)23(31)29-20-9-8-17(25)12-19(20)27/h3-13H,2,14H2,1H3,(H,29,31)(H,30,32). The fourth-order valence-corrected chi connectivity index (χ4v) is 3.08. The van der Waals surface area contributed by atoms with E-state index in [9.17, 15) is 18.4 Å². The van der Waals surface area contributed by atoms with Gasteiger partial charge in [0, 0.05) is 10.0 Å². The highest BCUT2D eigenvalue weighted by Crippen LogP contribution is 2.29. The van der Waals surface area contributed by atoms with E-state index < -0.39 is 17.6 Å². The van der Waals surface area contributed by atoms with Gasteiger partial charge in [0.1, 0.15) is 18.2 Å². The van der Waals surface area contributed by atoms with Gasteiger partial charge < -0.3 is 14.8 Å². The first-order valence-electron chi connectivity index (χ1n) is 10.1. The monoisotopic (exact) mass is 531 g/mol. The lowest BCUT2D eigenvalue weighted by Crippen LogP contribution is -2.32. The number of hydrazone groups is 1. The third-order valence-electron chi connectivity index (χ3n) is 4.37. The van der Waals surface area contributed by atoms with Gasteiger partial charge in [0.25, 0.3) is 0 Å². The second kappa shape index (κ2) is 11.9. The quantitative estimate of drug-likeness (QED) is 0.248. The van der Waals surface area contributed by atoms with Gasteiger partial charge >= 0.3 is 11.8 Å². The number of benzene rings is 3. The van der Waals surface area contributed by atoms with Gasteiger partial charge in [0.15, 0.2) is 11.5 Å². The zero-order valence-corrected chi connectivity index (χ0v) is 19.6. The number of halogens is 3. The Balaban J connectivity index is 1.61. The van der Waals surface area contributed by atoms with Crippen molar-refractivity contribution in [2.24, 2.45) is 5.10 Å². The van der Waals surface area contributed by atoms with Crippen molar-refractivity contribution in [3.05, 3.63) is 87.9 Å². The normalized spacial score (nSPS) is 10.7. The molecule has 0 heterocycles. The number of amides is 2. The smallest absolute Gasteiger partial charge is 0.329 e. The van der Waals surface area contributed by atoms with Crippen molar-refractivity contribution in [3.63, 3.8) is 0 Å². The maximum atomic E-state index is 13.8. The topological polar surface area (TPSA) is 89.0 Å². The summed E-state index contributed by atoms with van der Waals surface area (Å²) < 4.78 is 39.4. The molecule has 0 aliphatic heterocycles. The zero-order chi connectivity index (χ0) is 24.5. The van der Waals surface area contributed by atoms with E-state index >= 15 is 0 Å². The lowest BCUT2D eigenvalue weighted by molar-refractivity contribution is -0.136. The number of carbonyl (C=O) groups excluding carboxylic acids is 2. The predicted molar refractivity (Wildman–Crippen MR) is 127 cm³/mol. The minimum Gasteiger partial charge on any atom is -0.490 e. The van der Waals surface area contributed by atoms with Crippen molar-refractivity contribution in [1.29, 1.82) is 0 Å². The molecule has 3 rings (SSSR count).